The Bertz CT molecular complexity index is 783. The van der Waals surface area contributed by atoms with Crippen LogP contribution in [0.25, 0.3) is 10.2 Å². The number of benzene rings is 1. The van der Waals surface area contributed by atoms with Gasteiger partial charge in [-0.1, -0.05) is 23.5 Å². The third kappa shape index (κ3) is 3.10. The van der Waals surface area contributed by atoms with Crippen LogP contribution < -0.4 is 5.32 Å². The fourth-order valence-electron chi connectivity index (χ4n) is 2.90. The molecule has 0 radical (unpaired) electrons. The predicted molar refractivity (Wildman–Crippen MR) is 91.7 cm³/mol. The van der Waals surface area contributed by atoms with Crippen molar-refractivity contribution in [3.63, 3.8) is 0 Å². The normalized spacial score (nSPS) is 18.5. The van der Waals surface area contributed by atoms with Crippen LogP contribution in [0.3, 0.4) is 0 Å². The topological polar surface area (TPSA) is 71.0 Å². The second kappa shape index (κ2) is 6.31. The third-order valence-electron chi connectivity index (χ3n) is 3.91. The molecule has 1 amide bonds. The highest BCUT2D eigenvalue weighted by atomic mass is 32.1. The number of hydrogen-bond acceptors (Lipinski definition) is 7. The van der Waals surface area contributed by atoms with Gasteiger partial charge in [0.15, 0.2) is 0 Å². The molecule has 0 bridgehead atoms. The van der Waals surface area contributed by atoms with E-state index in [0.29, 0.717) is 11.7 Å². The van der Waals surface area contributed by atoms with Crippen LogP contribution in [0.1, 0.15) is 23.9 Å². The molecule has 0 spiro atoms. The number of hydrogen-bond donors (Lipinski definition) is 1. The molecule has 8 heteroatoms. The largest absolute Gasteiger partial charge is 0.299 e. The number of carbonyl (C=O) groups is 1. The van der Waals surface area contributed by atoms with E-state index < -0.39 is 0 Å². The van der Waals surface area contributed by atoms with Crippen LogP contribution in [-0.2, 0) is 4.79 Å². The molecule has 1 fully saturated rings. The Morgan fingerprint density at radius 2 is 2.30 bits per heavy atom. The van der Waals surface area contributed by atoms with Crippen LogP contribution in [0, 0.1) is 0 Å². The van der Waals surface area contributed by atoms with Gasteiger partial charge in [0.05, 0.1) is 22.8 Å². The maximum Gasteiger partial charge on any atom is 0.240 e. The van der Waals surface area contributed by atoms with Crippen molar-refractivity contribution < 1.29 is 4.79 Å². The van der Waals surface area contributed by atoms with Gasteiger partial charge in [0.25, 0.3) is 0 Å². The lowest BCUT2D eigenvalue weighted by molar-refractivity contribution is -0.117. The number of thiazole rings is 1. The first-order valence-corrected chi connectivity index (χ1v) is 9.15. The molecular weight excluding hydrogens is 330 g/mol. The minimum absolute atomic E-state index is 0.0465. The van der Waals surface area contributed by atoms with E-state index in [1.807, 2.05) is 18.2 Å². The van der Waals surface area contributed by atoms with E-state index in [1.165, 1.54) is 16.0 Å². The molecule has 1 atom stereocenters. The molecule has 3 heterocycles. The fourth-order valence-corrected chi connectivity index (χ4v) is 4.50. The zero-order chi connectivity index (χ0) is 15.6. The summed E-state index contributed by atoms with van der Waals surface area (Å²) in [4.78, 5) is 19.1. The summed E-state index contributed by atoms with van der Waals surface area (Å²) < 4.78 is 1.20. The van der Waals surface area contributed by atoms with Crippen molar-refractivity contribution in [3.05, 3.63) is 34.8 Å². The van der Waals surface area contributed by atoms with Crippen LogP contribution in [0.15, 0.2) is 29.8 Å². The maximum atomic E-state index is 12.2. The van der Waals surface area contributed by atoms with E-state index in [9.17, 15) is 4.79 Å². The van der Waals surface area contributed by atoms with Crippen LogP contribution >= 0.6 is 22.7 Å². The van der Waals surface area contributed by atoms with Crippen LogP contribution in [-0.4, -0.2) is 39.1 Å². The zero-order valence-corrected chi connectivity index (χ0v) is 13.9. The second-order valence-corrected chi connectivity index (χ2v) is 7.34. The molecule has 2 aromatic heterocycles. The second-order valence-electron chi connectivity index (χ2n) is 5.44. The quantitative estimate of drug-likeness (QED) is 0.787. The predicted octanol–water partition coefficient (Wildman–Crippen LogP) is 2.92. The molecule has 1 saturated heterocycles. The van der Waals surface area contributed by atoms with Crippen molar-refractivity contribution in [2.45, 2.75) is 18.9 Å². The van der Waals surface area contributed by atoms with Crippen molar-refractivity contribution in [3.8, 4) is 0 Å². The van der Waals surface area contributed by atoms with Crippen molar-refractivity contribution in [2.75, 3.05) is 18.4 Å². The average Bonchev–Trinajstić information content (AvgIpc) is 3.26. The van der Waals surface area contributed by atoms with E-state index in [-0.39, 0.29) is 11.9 Å². The van der Waals surface area contributed by atoms with Gasteiger partial charge in [0, 0.05) is 0 Å². The smallest absolute Gasteiger partial charge is 0.240 e. The lowest BCUT2D eigenvalue weighted by atomic mass is 10.2. The third-order valence-corrected chi connectivity index (χ3v) is 5.66. The molecule has 1 aliphatic heterocycles. The summed E-state index contributed by atoms with van der Waals surface area (Å²) in [5, 5.41) is 12.0. The minimum Gasteiger partial charge on any atom is -0.299 e. The highest BCUT2D eigenvalue weighted by Crippen LogP contribution is 2.36. The SMILES string of the molecule is O=C(CN1CCC[C@H]1c1nc2ccccc2s1)Nc1nncs1. The molecular formula is C15H15N5OS2. The number of nitrogens with one attached hydrogen (secondary N) is 1. The van der Waals surface area contributed by atoms with Gasteiger partial charge in [-0.15, -0.1) is 21.5 Å². The molecule has 4 rings (SSSR count). The van der Waals surface area contributed by atoms with Crippen LogP contribution in [0.4, 0.5) is 5.13 Å². The average molecular weight is 345 g/mol. The van der Waals surface area contributed by atoms with Gasteiger partial charge in [0.1, 0.15) is 10.5 Å². The summed E-state index contributed by atoms with van der Waals surface area (Å²) in [6, 6.07) is 8.40. The van der Waals surface area contributed by atoms with Gasteiger partial charge in [-0.2, -0.15) is 0 Å². The number of rotatable bonds is 4. The Kier molecular flexibility index (Phi) is 4.02. The lowest BCUT2D eigenvalue weighted by Gasteiger charge is -2.21. The Morgan fingerprint density at radius 3 is 3.13 bits per heavy atom. The van der Waals surface area contributed by atoms with Gasteiger partial charge < -0.3 is 0 Å². The van der Waals surface area contributed by atoms with Crippen molar-refractivity contribution in [2.24, 2.45) is 0 Å². The summed E-state index contributed by atoms with van der Waals surface area (Å²) in [6.45, 7) is 1.28. The van der Waals surface area contributed by atoms with Crippen molar-refractivity contribution in [1.29, 1.82) is 0 Å². The van der Waals surface area contributed by atoms with E-state index in [2.05, 4.69) is 26.5 Å². The first kappa shape index (κ1) is 14.7. The Morgan fingerprint density at radius 1 is 1.39 bits per heavy atom. The van der Waals surface area contributed by atoms with Gasteiger partial charge in [-0.25, -0.2) is 4.98 Å². The number of anilines is 1. The number of aromatic nitrogens is 3. The Hall–Kier alpha value is -1.90. The number of fused-ring (bicyclic) bond motifs is 1. The van der Waals surface area contributed by atoms with Gasteiger partial charge in [0.2, 0.25) is 11.0 Å². The maximum absolute atomic E-state index is 12.2. The first-order valence-electron chi connectivity index (χ1n) is 7.45. The molecule has 0 aliphatic carbocycles. The molecule has 1 aromatic carbocycles. The highest BCUT2D eigenvalue weighted by Gasteiger charge is 2.30. The number of likely N-dealkylation sites (tertiary alicyclic amines) is 1. The summed E-state index contributed by atoms with van der Waals surface area (Å²) in [7, 11) is 0. The molecule has 0 saturated carbocycles. The summed E-state index contributed by atoms with van der Waals surface area (Å²) in [6.07, 6.45) is 2.14. The summed E-state index contributed by atoms with van der Waals surface area (Å²) in [5.41, 5.74) is 2.65. The van der Waals surface area contributed by atoms with Gasteiger partial charge in [-0.3, -0.25) is 15.0 Å². The Balaban J connectivity index is 1.48. The summed E-state index contributed by atoms with van der Waals surface area (Å²) >= 11 is 3.05. The lowest BCUT2D eigenvalue weighted by Crippen LogP contribution is -2.32. The zero-order valence-electron chi connectivity index (χ0n) is 12.3. The van der Waals surface area contributed by atoms with Crippen molar-refractivity contribution in [1.82, 2.24) is 20.1 Å². The van der Waals surface area contributed by atoms with E-state index in [1.54, 1.807) is 16.8 Å². The van der Waals surface area contributed by atoms with E-state index >= 15 is 0 Å². The number of para-hydroxylation sites is 1. The number of nitrogens with zero attached hydrogens (tertiary/aromatic N) is 4. The monoisotopic (exact) mass is 345 g/mol. The molecule has 3 aromatic rings. The molecule has 0 unspecified atom stereocenters. The van der Waals surface area contributed by atoms with Crippen LogP contribution in [0.5, 0.6) is 0 Å². The minimum atomic E-state index is -0.0465. The van der Waals surface area contributed by atoms with E-state index in [0.717, 1.165) is 29.9 Å². The summed E-state index contributed by atoms with van der Waals surface area (Å²) in [5.74, 6) is -0.0465. The standard InChI is InChI=1S/C15H15N5OS2/c21-13(18-15-19-16-9-22-15)8-20-7-3-5-11(20)14-17-10-4-1-2-6-12(10)23-14/h1-2,4,6,9,11H,3,5,7-8H2,(H,18,19,21)/t11-/m0/s1. The molecule has 118 valence electrons. The first-order chi connectivity index (χ1) is 11.3. The number of amides is 1. The Labute approximate surface area is 141 Å². The molecule has 1 N–H and O–H groups in total. The van der Waals surface area contributed by atoms with Crippen LogP contribution in [0.2, 0.25) is 0 Å². The van der Waals surface area contributed by atoms with Gasteiger partial charge in [-0.05, 0) is 31.5 Å². The van der Waals surface area contributed by atoms with Gasteiger partial charge >= 0.3 is 0 Å². The molecule has 1 aliphatic rings. The van der Waals surface area contributed by atoms with Crippen molar-refractivity contribution >= 4 is 43.9 Å². The number of carbonyl (C=O) groups excluding carboxylic acids is 1. The fraction of sp³-hybridized carbons (Fsp3) is 0.333. The highest BCUT2D eigenvalue weighted by molar-refractivity contribution is 7.18. The molecule has 23 heavy (non-hydrogen) atoms. The van der Waals surface area contributed by atoms with E-state index in [4.69, 9.17) is 4.98 Å². The molecule has 6 nitrogen and oxygen atoms in total.